The molecule has 2 rings (SSSR count). The standard InChI is InChI=1S/C13H16FN3O/c1-15-7-4-8-17-10-11(9-16-17)18-13-6-3-2-5-12(13)14/h2-3,5-6,9-10,15H,4,7-8H2,1H3. The molecular weight excluding hydrogens is 233 g/mol. The van der Waals surface area contributed by atoms with Crippen molar-refractivity contribution in [1.82, 2.24) is 15.1 Å². The Hall–Kier alpha value is -1.88. The Balaban J connectivity index is 1.96. The topological polar surface area (TPSA) is 39.1 Å². The van der Waals surface area contributed by atoms with Crippen LogP contribution in [0.25, 0.3) is 0 Å². The highest BCUT2D eigenvalue weighted by Gasteiger charge is 2.05. The van der Waals surface area contributed by atoms with E-state index in [4.69, 9.17) is 4.74 Å². The second kappa shape index (κ2) is 6.16. The summed E-state index contributed by atoms with van der Waals surface area (Å²) in [7, 11) is 1.91. The van der Waals surface area contributed by atoms with Gasteiger partial charge >= 0.3 is 0 Å². The largest absolute Gasteiger partial charge is 0.451 e. The molecule has 1 heterocycles. The first-order valence-electron chi connectivity index (χ1n) is 5.89. The SMILES string of the molecule is CNCCCn1cc(Oc2ccccc2F)cn1. The maximum Gasteiger partial charge on any atom is 0.165 e. The van der Waals surface area contributed by atoms with Gasteiger partial charge < -0.3 is 10.1 Å². The van der Waals surface area contributed by atoms with Crippen LogP contribution in [0, 0.1) is 5.82 Å². The first-order valence-corrected chi connectivity index (χ1v) is 5.89. The Bertz CT molecular complexity index is 498. The van der Waals surface area contributed by atoms with Crippen LogP contribution < -0.4 is 10.1 Å². The second-order valence-electron chi connectivity index (χ2n) is 3.93. The smallest absolute Gasteiger partial charge is 0.165 e. The van der Waals surface area contributed by atoms with Crippen molar-refractivity contribution in [2.45, 2.75) is 13.0 Å². The lowest BCUT2D eigenvalue weighted by molar-refractivity contribution is 0.441. The minimum atomic E-state index is -0.375. The van der Waals surface area contributed by atoms with Crippen LogP contribution in [0.1, 0.15) is 6.42 Å². The molecule has 0 atom stereocenters. The van der Waals surface area contributed by atoms with Crippen molar-refractivity contribution in [2.75, 3.05) is 13.6 Å². The van der Waals surface area contributed by atoms with E-state index in [0.29, 0.717) is 5.75 Å². The third kappa shape index (κ3) is 3.30. The summed E-state index contributed by atoms with van der Waals surface area (Å²) in [6, 6.07) is 6.32. The number of nitrogens with zero attached hydrogens (tertiary/aromatic N) is 2. The van der Waals surface area contributed by atoms with Gasteiger partial charge in [-0.15, -0.1) is 0 Å². The van der Waals surface area contributed by atoms with Gasteiger partial charge in [-0.3, -0.25) is 4.68 Å². The fraction of sp³-hybridized carbons (Fsp3) is 0.308. The Morgan fingerprint density at radius 3 is 3.00 bits per heavy atom. The van der Waals surface area contributed by atoms with E-state index in [-0.39, 0.29) is 11.6 Å². The van der Waals surface area contributed by atoms with E-state index in [1.807, 2.05) is 7.05 Å². The first-order chi connectivity index (χ1) is 8.79. The predicted octanol–water partition coefficient (Wildman–Crippen LogP) is 2.42. The zero-order chi connectivity index (χ0) is 12.8. The lowest BCUT2D eigenvalue weighted by atomic mass is 10.3. The maximum atomic E-state index is 13.4. The summed E-state index contributed by atoms with van der Waals surface area (Å²) in [5, 5.41) is 7.23. The van der Waals surface area contributed by atoms with Crippen LogP contribution in [0.5, 0.6) is 11.5 Å². The average Bonchev–Trinajstić information content (AvgIpc) is 2.80. The molecule has 0 amide bonds. The third-order valence-corrected chi connectivity index (χ3v) is 2.49. The number of rotatable bonds is 6. The molecule has 18 heavy (non-hydrogen) atoms. The minimum absolute atomic E-state index is 0.215. The van der Waals surface area contributed by atoms with Gasteiger partial charge in [0.2, 0.25) is 0 Å². The van der Waals surface area contributed by atoms with Gasteiger partial charge in [-0.2, -0.15) is 5.10 Å². The molecular formula is C13H16FN3O. The Morgan fingerprint density at radius 2 is 2.22 bits per heavy atom. The minimum Gasteiger partial charge on any atom is -0.451 e. The molecule has 1 aromatic heterocycles. The van der Waals surface area contributed by atoms with Crippen molar-refractivity contribution in [3.63, 3.8) is 0 Å². The van der Waals surface area contributed by atoms with Crippen LogP contribution in [0.2, 0.25) is 0 Å². The molecule has 0 radical (unpaired) electrons. The van der Waals surface area contributed by atoms with E-state index in [1.54, 1.807) is 35.3 Å². The molecule has 96 valence electrons. The first kappa shape index (κ1) is 12.6. The lowest BCUT2D eigenvalue weighted by Gasteiger charge is -2.03. The molecule has 0 saturated heterocycles. The van der Waals surface area contributed by atoms with Gasteiger partial charge in [0.1, 0.15) is 0 Å². The molecule has 0 saturated carbocycles. The number of nitrogens with one attached hydrogen (secondary N) is 1. The highest BCUT2D eigenvalue weighted by molar-refractivity contribution is 5.29. The average molecular weight is 249 g/mol. The quantitative estimate of drug-likeness (QED) is 0.799. The zero-order valence-corrected chi connectivity index (χ0v) is 10.3. The van der Waals surface area contributed by atoms with Gasteiger partial charge in [-0.25, -0.2) is 4.39 Å². The third-order valence-electron chi connectivity index (χ3n) is 2.49. The number of aryl methyl sites for hydroxylation is 1. The van der Waals surface area contributed by atoms with Crippen LogP contribution in [0.3, 0.4) is 0 Å². The fourth-order valence-electron chi connectivity index (χ4n) is 1.59. The molecule has 5 heteroatoms. The highest BCUT2D eigenvalue weighted by atomic mass is 19.1. The molecule has 1 N–H and O–H groups in total. The van der Waals surface area contributed by atoms with E-state index in [1.165, 1.54) is 6.07 Å². The number of aromatic nitrogens is 2. The van der Waals surface area contributed by atoms with Crippen molar-refractivity contribution in [2.24, 2.45) is 0 Å². The summed E-state index contributed by atoms with van der Waals surface area (Å²) in [5.74, 6) is 0.386. The number of halogens is 1. The lowest BCUT2D eigenvalue weighted by Crippen LogP contribution is -2.11. The van der Waals surface area contributed by atoms with Crippen LogP contribution in [-0.2, 0) is 6.54 Å². The summed E-state index contributed by atoms with van der Waals surface area (Å²) in [6.07, 6.45) is 4.34. The molecule has 2 aromatic rings. The zero-order valence-electron chi connectivity index (χ0n) is 10.3. The highest BCUT2D eigenvalue weighted by Crippen LogP contribution is 2.23. The van der Waals surface area contributed by atoms with Crippen LogP contribution in [-0.4, -0.2) is 23.4 Å². The van der Waals surface area contributed by atoms with E-state index < -0.39 is 0 Å². The van der Waals surface area contributed by atoms with Crippen LogP contribution in [0.15, 0.2) is 36.7 Å². The van der Waals surface area contributed by atoms with Crippen LogP contribution >= 0.6 is 0 Å². The van der Waals surface area contributed by atoms with Gasteiger partial charge in [-0.1, -0.05) is 12.1 Å². The Labute approximate surface area is 105 Å². The second-order valence-corrected chi connectivity index (χ2v) is 3.93. The molecule has 0 aliphatic carbocycles. The monoisotopic (exact) mass is 249 g/mol. The van der Waals surface area contributed by atoms with Crippen molar-refractivity contribution < 1.29 is 9.13 Å². The van der Waals surface area contributed by atoms with E-state index in [0.717, 1.165) is 19.5 Å². The molecule has 0 aliphatic heterocycles. The van der Waals surface area contributed by atoms with Crippen molar-refractivity contribution in [1.29, 1.82) is 0 Å². The molecule has 4 nitrogen and oxygen atoms in total. The van der Waals surface area contributed by atoms with Gasteiger partial charge in [-0.05, 0) is 32.1 Å². The van der Waals surface area contributed by atoms with Gasteiger partial charge in [0.15, 0.2) is 17.3 Å². The van der Waals surface area contributed by atoms with Gasteiger partial charge in [0, 0.05) is 6.54 Å². The normalized spacial score (nSPS) is 10.6. The Kier molecular flexibility index (Phi) is 4.30. The van der Waals surface area contributed by atoms with Gasteiger partial charge in [0.25, 0.3) is 0 Å². The molecule has 0 aliphatic rings. The molecule has 0 fully saturated rings. The van der Waals surface area contributed by atoms with E-state index in [2.05, 4.69) is 10.4 Å². The predicted molar refractivity (Wildman–Crippen MR) is 67.2 cm³/mol. The summed E-state index contributed by atoms with van der Waals surface area (Å²) >= 11 is 0. The number of ether oxygens (including phenoxy) is 1. The molecule has 0 unspecified atom stereocenters. The van der Waals surface area contributed by atoms with E-state index >= 15 is 0 Å². The van der Waals surface area contributed by atoms with E-state index in [9.17, 15) is 4.39 Å². The summed E-state index contributed by atoms with van der Waals surface area (Å²) in [6.45, 7) is 1.74. The molecule has 0 spiro atoms. The van der Waals surface area contributed by atoms with Crippen LogP contribution in [0.4, 0.5) is 4.39 Å². The number of para-hydroxylation sites is 1. The fourth-order valence-corrected chi connectivity index (χ4v) is 1.59. The molecule has 0 bridgehead atoms. The summed E-state index contributed by atoms with van der Waals surface area (Å²) in [5.41, 5.74) is 0. The van der Waals surface area contributed by atoms with Crippen molar-refractivity contribution >= 4 is 0 Å². The van der Waals surface area contributed by atoms with Crippen molar-refractivity contribution in [3.8, 4) is 11.5 Å². The van der Waals surface area contributed by atoms with Crippen molar-refractivity contribution in [3.05, 3.63) is 42.5 Å². The number of hydrogen-bond donors (Lipinski definition) is 1. The summed E-state index contributed by atoms with van der Waals surface area (Å²) in [4.78, 5) is 0. The maximum absolute atomic E-state index is 13.4. The summed E-state index contributed by atoms with van der Waals surface area (Å²) < 4.78 is 20.6. The molecule has 1 aromatic carbocycles. The number of hydrogen-bond acceptors (Lipinski definition) is 3. The van der Waals surface area contributed by atoms with Gasteiger partial charge in [0.05, 0.1) is 12.4 Å². The number of benzene rings is 1. The Morgan fingerprint density at radius 1 is 1.39 bits per heavy atom.